The fourth-order valence-electron chi connectivity index (χ4n) is 5.85. The van der Waals surface area contributed by atoms with Gasteiger partial charge in [-0.2, -0.15) is 0 Å². The average Bonchev–Trinajstić information content (AvgIpc) is 3.21. The molecule has 0 radical (unpaired) electrons. The monoisotopic (exact) mass is 839 g/mol. The van der Waals surface area contributed by atoms with E-state index in [-0.39, 0.29) is 19.4 Å². The lowest BCUT2D eigenvalue weighted by atomic mass is 10.1. The first-order valence-electron chi connectivity index (χ1n) is 22.7. The van der Waals surface area contributed by atoms with Gasteiger partial charge < -0.3 is 24.6 Å². The van der Waals surface area contributed by atoms with E-state index in [1.54, 1.807) is 0 Å². The fraction of sp³-hybridized carbons (Fsp3) is 0.745. The van der Waals surface area contributed by atoms with Gasteiger partial charge in [0.1, 0.15) is 12.7 Å². The second kappa shape index (κ2) is 42.8. The Morgan fingerprint density at radius 1 is 0.517 bits per heavy atom. The second-order valence-electron chi connectivity index (χ2n) is 15.1. The van der Waals surface area contributed by atoms with Crippen molar-refractivity contribution in [3.05, 3.63) is 60.8 Å². The SMILES string of the molecule is CCCCC/C=C\C/C=C\C/C=C\C/C=C\CCCCCC(=O)OC[C@H](COP(=O)(O)OC[C@@H](O)CO)OC(=O)CCCCCCC/C=C\CCCCCCCCC. The van der Waals surface area contributed by atoms with Gasteiger partial charge in [-0.05, 0) is 83.5 Å². The van der Waals surface area contributed by atoms with Crippen LogP contribution in [0.4, 0.5) is 0 Å². The largest absolute Gasteiger partial charge is 0.472 e. The zero-order valence-electron chi connectivity index (χ0n) is 36.5. The summed E-state index contributed by atoms with van der Waals surface area (Å²) in [5, 5.41) is 18.3. The van der Waals surface area contributed by atoms with E-state index in [2.05, 4.69) is 79.1 Å². The van der Waals surface area contributed by atoms with Crippen LogP contribution < -0.4 is 0 Å². The molecule has 58 heavy (non-hydrogen) atoms. The highest BCUT2D eigenvalue weighted by Gasteiger charge is 2.27. The molecule has 0 spiro atoms. The Bertz CT molecular complexity index is 1150. The van der Waals surface area contributed by atoms with Crippen LogP contribution in [0.3, 0.4) is 0 Å². The fourth-order valence-corrected chi connectivity index (χ4v) is 6.64. The molecule has 0 aliphatic rings. The number of carbonyl (C=O) groups excluding carboxylic acids is 2. The standard InChI is InChI=1S/C47H83O10P/c1-3-5-7-9-11-13-15-17-19-21-22-23-25-26-28-30-32-34-36-38-46(50)54-42-45(43-56-58(52,53)55-41-44(49)40-48)57-47(51)39-37-35-33-31-29-27-24-20-18-16-14-12-10-8-6-4-2/h11,13,17,19-20,22-24,26,28,44-45,48-49H,3-10,12,14-16,18,21,25,27,29-43H2,1-2H3,(H,52,53)/b13-11-,19-17-,23-22-,24-20-,28-26-/t44-,45+/m0/s1. The van der Waals surface area contributed by atoms with Gasteiger partial charge in [0, 0.05) is 12.8 Å². The first-order chi connectivity index (χ1) is 28.2. The van der Waals surface area contributed by atoms with Crippen LogP contribution in [0.25, 0.3) is 0 Å². The molecule has 11 heteroatoms. The van der Waals surface area contributed by atoms with Crippen LogP contribution in [0.5, 0.6) is 0 Å². The van der Waals surface area contributed by atoms with Gasteiger partial charge in [-0.15, -0.1) is 0 Å². The number of phosphoric ester groups is 1. The van der Waals surface area contributed by atoms with Crippen molar-refractivity contribution in [2.45, 2.75) is 199 Å². The third-order valence-corrected chi connectivity index (χ3v) is 10.3. The first kappa shape index (κ1) is 55.7. The lowest BCUT2D eigenvalue weighted by Crippen LogP contribution is -2.29. The lowest BCUT2D eigenvalue weighted by Gasteiger charge is -2.20. The molecule has 336 valence electrons. The first-order valence-corrected chi connectivity index (χ1v) is 24.2. The molecule has 0 rings (SSSR count). The summed E-state index contributed by atoms with van der Waals surface area (Å²) in [7, 11) is -4.63. The van der Waals surface area contributed by atoms with Crippen molar-refractivity contribution in [1.29, 1.82) is 0 Å². The number of phosphoric acid groups is 1. The molecule has 0 aromatic carbocycles. The zero-order valence-corrected chi connectivity index (χ0v) is 37.4. The number of carbonyl (C=O) groups is 2. The van der Waals surface area contributed by atoms with Crippen molar-refractivity contribution < 1.29 is 47.8 Å². The number of ether oxygens (including phenoxy) is 2. The molecule has 0 saturated carbocycles. The Labute approximate surface area is 353 Å². The van der Waals surface area contributed by atoms with Crippen molar-refractivity contribution in [2.24, 2.45) is 0 Å². The Morgan fingerprint density at radius 3 is 1.41 bits per heavy atom. The third-order valence-electron chi connectivity index (χ3n) is 9.39. The summed E-state index contributed by atoms with van der Waals surface area (Å²) in [6.07, 6.45) is 47.5. The molecule has 0 aromatic heterocycles. The number of rotatable bonds is 42. The highest BCUT2D eigenvalue weighted by atomic mass is 31.2. The summed E-state index contributed by atoms with van der Waals surface area (Å²) in [5.74, 6) is -0.972. The van der Waals surface area contributed by atoms with Crippen LogP contribution in [-0.2, 0) is 32.7 Å². The lowest BCUT2D eigenvalue weighted by molar-refractivity contribution is -0.161. The Kier molecular flexibility index (Phi) is 41.1. The van der Waals surface area contributed by atoms with Crippen LogP contribution in [-0.4, -0.2) is 65.7 Å². The van der Waals surface area contributed by atoms with Gasteiger partial charge in [0.2, 0.25) is 0 Å². The quantitative estimate of drug-likeness (QED) is 0.0235. The Hall–Kier alpha value is -2.33. The van der Waals surface area contributed by atoms with E-state index < -0.39 is 51.8 Å². The molecule has 0 saturated heterocycles. The van der Waals surface area contributed by atoms with Gasteiger partial charge in [-0.3, -0.25) is 18.6 Å². The van der Waals surface area contributed by atoms with Crippen molar-refractivity contribution in [1.82, 2.24) is 0 Å². The highest BCUT2D eigenvalue weighted by molar-refractivity contribution is 7.47. The van der Waals surface area contributed by atoms with Crippen LogP contribution in [0.1, 0.15) is 187 Å². The maximum atomic E-state index is 12.6. The van der Waals surface area contributed by atoms with E-state index in [1.165, 1.54) is 70.6 Å². The zero-order chi connectivity index (χ0) is 42.6. The number of unbranched alkanes of at least 4 members (excludes halogenated alkanes) is 18. The minimum Gasteiger partial charge on any atom is -0.462 e. The number of aliphatic hydroxyl groups is 2. The van der Waals surface area contributed by atoms with E-state index in [0.29, 0.717) is 12.8 Å². The molecule has 1 unspecified atom stereocenters. The maximum Gasteiger partial charge on any atom is 0.472 e. The molecule has 10 nitrogen and oxygen atoms in total. The van der Waals surface area contributed by atoms with Crippen LogP contribution in [0.15, 0.2) is 60.8 Å². The molecule has 0 aliphatic carbocycles. The molecule has 0 aliphatic heterocycles. The third kappa shape index (κ3) is 41.8. The highest BCUT2D eigenvalue weighted by Crippen LogP contribution is 2.43. The number of esters is 2. The van der Waals surface area contributed by atoms with Gasteiger partial charge in [0.25, 0.3) is 0 Å². The van der Waals surface area contributed by atoms with E-state index in [0.717, 1.165) is 77.0 Å². The van der Waals surface area contributed by atoms with Crippen molar-refractivity contribution in [2.75, 3.05) is 26.4 Å². The maximum absolute atomic E-state index is 12.6. The summed E-state index contributed by atoms with van der Waals surface area (Å²) in [5.41, 5.74) is 0. The molecular weight excluding hydrogens is 755 g/mol. The molecule has 3 atom stereocenters. The second-order valence-corrected chi connectivity index (χ2v) is 16.5. The van der Waals surface area contributed by atoms with Gasteiger partial charge in [-0.1, -0.05) is 152 Å². The number of aliphatic hydroxyl groups excluding tert-OH is 2. The number of allylic oxidation sites excluding steroid dienone is 10. The van der Waals surface area contributed by atoms with Crippen molar-refractivity contribution in [3.8, 4) is 0 Å². The molecule has 3 N–H and O–H groups in total. The van der Waals surface area contributed by atoms with Crippen molar-refractivity contribution in [3.63, 3.8) is 0 Å². The molecule has 0 heterocycles. The van der Waals surface area contributed by atoms with E-state index in [4.69, 9.17) is 19.1 Å². The van der Waals surface area contributed by atoms with Gasteiger partial charge >= 0.3 is 19.8 Å². The summed E-state index contributed by atoms with van der Waals surface area (Å²) >= 11 is 0. The normalized spacial score (nSPS) is 14.4. The van der Waals surface area contributed by atoms with Crippen LogP contribution in [0.2, 0.25) is 0 Å². The number of hydrogen-bond acceptors (Lipinski definition) is 9. The molecule has 0 fully saturated rings. The summed E-state index contributed by atoms with van der Waals surface area (Å²) in [6.45, 7) is 2.30. The van der Waals surface area contributed by atoms with Gasteiger partial charge in [0.15, 0.2) is 6.10 Å². The predicted octanol–water partition coefficient (Wildman–Crippen LogP) is 12.3. The summed E-state index contributed by atoms with van der Waals surface area (Å²) in [6, 6.07) is 0. The topological polar surface area (TPSA) is 149 Å². The molecule has 0 bridgehead atoms. The summed E-state index contributed by atoms with van der Waals surface area (Å²) in [4.78, 5) is 35.0. The molecule has 0 aromatic rings. The smallest absolute Gasteiger partial charge is 0.462 e. The van der Waals surface area contributed by atoms with Crippen molar-refractivity contribution >= 4 is 19.8 Å². The molecular formula is C47H83O10P. The Morgan fingerprint density at radius 2 is 0.897 bits per heavy atom. The minimum atomic E-state index is -4.63. The van der Waals surface area contributed by atoms with Crippen LogP contribution in [0, 0.1) is 0 Å². The minimum absolute atomic E-state index is 0.165. The van der Waals surface area contributed by atoms with Gasteiger partial charge in [0.05, 0.1) is 19.8 Å². The molecule has 0 amide bonds. The number of hydrogen-bond donors (Lipinski definition) is 3. The van der Waals surface area contributed by atoms with E-state index in [9.17, 15) is 24.2 Å². The van der Waals surface area contributed by atoms with Gasteiger partial charge in [-0.25, -0.2) is 4.57 Å². The Balaban J connectivity index is 4.35. The predicted molar refractivity (Wildman–Crippen MR) is 237 cm³/mol. The average molecular weight is 839 g/mol. The van der Waals surface area contributed by atoms with E-state index >= 15 is 0 Å². The van der Waals surface area contributed by atoms with E-state index in [1.807, 2.05) is 0 Å². The summed E-state index contributed by atoms with van der Waals surface area (Å²) < 4.78 is 32.7. The van der Waals surface area contributed by atoms with Crippen LogP contribution >= 0.6 is 7.82 Å².